The molecule has 0 radical (unpaired) electrons. The maximum absolute atomic E-state index is 13.1. The number of carbonyl (C=O) groups is 1. The number of para-hydroxylation sites is 2. The van der Waals surface area contributed by atoms with Crippen LogP contribution in [0.1, 0.15) is 17.0 Å². The molecule has 1 amide bonds. The van der Waals surface area contributed by atoms with Crippen LogP contribution in [0.5, 0.6) is 0 Å². The first-order chi connectivity index (χ1) is 14.7. The molecule has 0 bridgehead atoms. The van der Waals surface area contributed by atoms with Crippen molar-refractivity contribution in [1.29, 1.82) is 0 Å². The van der Waals surface area contributed by atoms with Gasteiger partial charge in [0.15, 0.2) is 5.76 Å². The first-order valence-electron chi connectivity index (χ1n) is 10.0. The lowest BCUT2D eigenvalue weighted by molar-refractivity contribution is 0.0736. The van der Waals surface area contributed by atoms with Crippen molar-refractivity contribution in [3.05, 3.63) is 72.2 Å². The molecule has 1 N–H and O–H groups in total. The van der Waals surface area contributed by atoms with Gasteiger partial charge in [0.25, 0.3) is 5.91 Å². The van der Waals surface area contributed by atoms with Crippen LogP contribution in [0.4, 0.5) is 10.3 Å². The minimum absolute atomic E-state index is 0.130. The summed E-state index contributed by atoms with van der Waals surface area (Å²) in [6.45, 7) is 2.75. The zero-order valence-electron chi connectivity index (χ0n) is 16.3. The number of amides is 1. The van der Waals surface area contributed by atoms with Gasteiger partial charge < -0.3 is 19.2 Å². The lowest BCUT2D eigenvalue weighted by Gasteiger charge is -2.21. The van der Waals surface area contributed by atoms with Crippen LogP contribution in [0.15, 0.2) is 65.1 Å². The molecule has 7 heteroatoms. The molecule has 1 saturated heterocycles. The number of aromatic amines is 1. The van der Waals surface area contributed by atoms with Gasteiger partial charge in [-0.2, -0.15) is 0 Å². The summed E-state index contributed by atoms with van der Waals surface area (Å²) < 4.78 is 18.9. The standard InChI is InChI=1S/C23H21FN4O2/c24-17-8-6-16(7-9-17)20-10-11-21(30-20)22(29)27-12-3-13-28(15-14-27)23-25-18-4-1-2-5-19(18)26-23/h1-2,4-11H,3,12-15H2,(H,25,26). The van der Waals surface area contributed by atoms with Crippen molar-refractivity contribution in [3.8, 4) is 11.3 Å². The normalized spacial score (nSPS) is 14.8. The van der Waals surface area contributed by atoms with Crippen LogP contribution >= 0.6 is 0 Å². The number of furan rings is 1. The Kier molecular flexibility index (Phi) is 4.71. The molecule has 30 heavy (non-hydrogen) atoms. The van der Waals surface area contributed by atoms with Gasteiger partial charge >= 0.3 is 0 Å². The minimum Gasteiger partial charge on any atom is -0.451 e. The molecule has 152 valence electrons. The maximum Gasteiger partial charge on any atom is 0.289 e. The van der Waals surface area contributed by atoms with Crippen molar-refractivity contribution in [3.63, 3.8) is 0 Å². The molecule has 0 aliphatic carbocycles. The van der Waals surface area contributed by atoms with Crippen LogP contribution in [0.3, 0.4) is 0 Å². The molecule has 5 rings (SSSR count). The van der Waals surface area contributed by atoms with Crippen LogP contribution in [-0.4, -0.2) is 47.0 Å². The number of hydrogen-bond donors (Lipinski definition) is 1. The van der Waals surface area contributed by atoms with E-state index in [9.17, 15) is 9.18 Å². The van der Waals surface area contributed by atoms with Crippen LogP contribution in [0, 0.1) is 5.82 Å². The van der Waals surface area contributed by atoms with Gasteiger partial charge in [0.2, 0.25) is 5.95 Å². The fourth-order valence-corrected chi connectivity index (χ4v) is 3.80. The highest BCUT2D eigenvalue weighted by Gasteiger charge is 2.24. The van der Waals surface area contributed by atoms with Gasteiger partial charge in [0, 0.05) is 31.7 Å². The second-order valence-corrected chi connectivity index (χ2v) is 7.38. The van der Waals surface area contributed by atoms with Gasteiger partial charge in [-0.25, -0.2) is 9.37 Å². The topological polar surface area (TPSA) is 65.4 Å². The Morgan fingerprint density at radius 2 is 1.80 bits per heavy atom. The Morgan fingerprint density at radius 1 is 0.967 bits per heavy atom. The van der Waals surface area contributed by atoms with Crippen molar-refractivity contribution in [2.75, 3.05) is 31.1 Å². The number of anilines is 1. The summed E-state index contributed by atoms with van der Waals surface area (Å²) in [6, 6.07) is 17.4. The maximum atomic E-state index is 13.1. The van der Waals surface area contributed by atoms with Crippen LogP contribution in [0.2, 0.25) is 0 Å². The summed E-state index contributed by atoms with van der Waals surface area (Å²) in [5, 5.41) is 0. The molecule has 3 heterocycles. The lowest BCUT2D eigenvalue weighted by atomic mass is 10.2. The number of nitrogens with zero attached hydrogens (tertiary/aromatic N) is 3. The van der Waals surface area contributed by atoms with E-state index in [0.717, 1.165) is 35.5 Å². The fourth-order valence-electron chi connectivity index (χ4n) is 3.80. The molecular weight excluding hydrogens is 383 g/mol. The van der Waals surface area contributed by atoms with E-state index >= 15 is 0 Å². The van der Waals surface area contributed by atoms with E-state index in [-0.39, 0.29) is 11.7 Å². The number of carbonyl (C=O) groups excluding carboxylic acids is 1. The largest absolute Gasteiger partial charge is 0.451 e. The van der Waals surface area contributed by atoms with Crippen LogP contribution in [-0.2, 0) is 0 Å². The van der Waals surface area contributed by atoms with Crippen LogP contribution < -0.4 is 4.90 Å². The molecule has 1 fully saturated rings. The Balaban J connectivity index is 1.28. The summed E-state index contributed by atoms with van der Waals surface area (Å²) in [6.07, 6.45) is 0.842. The molecule has 2 aromatic heterocycles. The first kappa shape index (κ1) is 18.4. The fraction of sp³-hybridized carbons (Fsp3) is 0.217. The average molecular weight is 404 g/mol. The predicted molar refractivity (Wildman–Crippen MR) is 113 cm³/mol. The summed E-state index contributed by atoms with van der Waals surface area (Å²) in [5.74, 6) is 1.25. The number of aromatic nitrogens is 2. The Labute approximate surface area is 172 Å². The summed E-state index contributed by atoms with van der Waals surface area (Å²) in [4.78, 5) is 25.0. The Hall–Kier alpha value is -3.61. The van der Waals surface area contributed by atoms with E-state index in [1.54, 1.807) is 24.3 Å². The van der Waals surface area contributed by atoms with Gasteiger partial charge in [-0.3, -0.25) is 4.79 Å². The number of fused-ring (bicyclic) bond motifs is 1. The third kappa shape index (κ3) is 3.54. The van der Waals surface area contributed by atoms with Crippen molar-refractivity contribution < 1.29 is 13.6 Å². The molecule has 0 saturated carbocycles. The number of H-pyrrole nitrogens is 1. The zero-order chi connectivity index (χ0) is 20.5. The third-order valence-electron chi connectivity index (χ3n) is 5.41. The van der Waals surface area contributed by atoms with Crippen molar-refractivity contribution in [2.24, 2.45) is 0 Å². The van der Waals surface area contributed by atoms with Gasteiger partial charge in [-0.1, -0.05) is 12.1 Å². The zero-order valence-corrected chi connectivity index (χ0v) is 16.3. The second kappa shape index (κ2) is 7.67. The van der Waals surface area contributed by atoms with E-state index in [2.05, 4.69) is 14.9 Å². The number of imidazole rings is 1. The van der Waals surface area contributed by atoms with Crippen molar-refractivity contribution >= 4 is 22.9 Å². The van der Waals surface area contributed by atoms with Crippen molar-refractivity contribution in [1.82, 2.24) is 14.9 Å². The summed E-state index contributed by atoms with van der Waals surface area (Å²) in [5.41, 5.74) is 2.68. The van der Waals surface area contributed by atoms with E-state index in [1.165, 1.54) is 12.1 Å². The summed E-state index contributed by atoms with van der Waals surface area (Å²) >= 11 is 0. The number of halogens is 1. The van der Waals surface area contributed by atoms with E-state index < -0.39 is 0 Å². The quantitative estimate of drug-likeness (QED) is 0.553. The van der Waals surface area contributed by atoms with Crippen LogP contribution in [0.25, 0.3) is 22.4 Å². The number of nitrogens with one attached hydrogen (secondary N) is 1. The molecule has 2 aromatic carbocycles. The number of hydrogen-bond acceptors (Lipinski definition) is 4. The molecule has 0 unspecified atom stereocenters. The van der Waals surface area contributed by atoms with Gasteiger partial charge in [-0.15, -0.1) is 0 Å². The molecule has 0 spiro atoms. The molecule has 1 aliphatic heterocycles. The van der Waals surface area contributed by atoms with E-state index in [4.69, 9.17) is 4.42 Å². The number of rotatable bonds is 3. The predicted octanol–water partition coefficient (Wildman–Crippen LogP) is 4.31. The average Bonchev–Trinajstić information content (AvgIpc) is 3.35. The molecular formula is C23H21FN4O2. The van der Waals surface area contributed by atoms with Gasteiger partial charge in [-0.05, 0) is 55.0 Å². The number of benzene rings is 2. The highest BCUT2D eigenvalue weighted by atomic mass is 19.1. The molecule has 0 atom stereocenters. The molecule has 1 aliphatic rings. The minimum atomic E-state index is -0.305. The lowest BCUT2D eigenvalue weighted by Crippen LogP contribution is -2.35. The van der Waals surface area contributed by atoms with Crippen molar-refractivity contribution in [2.45, 2.75) is 6.42 Å². The van der Waals surface area contributed by atoms with E-state index in [0.29, 0.717) is 31.2 Å². The first-order valence-corrected chi connectivity index (χ1v) is 10.0. The van der Waals surface area contributed by atoms with Gasteiger partial charge in [0.05, 0.1) is 11.0 Å². The molecule has 6 nitrogen and oxygen atoms in total. The van der Waals surface area contributed by atoms with E-state index in [1.807, 2.05) is 29.2 Å². The second-order valence-electron chi connectivity index (χ2n) is 7.38. The van der Waals surface area contributed by atoms with Gasteiger partial charge in [0.1, 0.15) is 11.6 Å². The highest BCUT2D eigenvalue weighted by molar-refractivity contribution is 5.92. The highest BCUT2D eigenvalue weighted by Crippen LogP contribution is 2.24. The SMILES string of the molecule is O=C(c1ccc(-c2ccc(F)cc2)o1)N1CCCN(c2nc3ccccc3[nH]2)CC1. The Morgan fingerprint density at radius 3 is 2.63 bits per heavy atom. The summed E-state index contributed by atoms with van der Waals surface area (Å²) in [7, 11) is 0. The smallest absolute Gasteiger partial charge is 0.289 e. The molecule has 4 aromatic rings. The third-order valence-corrected chi connectivity index (χ3v) is 5.41. The monoisotopic (exact) mass is 404 g/mol. The Bertz CT molecular complexity index is 1150.